The highest BCUT2D eigenvalue weighted by molar-refractivity contribution is 7.80. The van der Waals surface area contributed by atoms with Crippen molar-refractivity contribution in [2.24, 2.45) is 5.73 Å². The monoisotopic (exact) mass is 323 g/mol. The van der Waals surface area contributed by atoms with Gasteiger partial charge in [0.2, 0.25) is 0 Å². The van der Waals surface area contributed by atoms with Gasteiger partial charge in [-0.15, -0.1) is 0 Å². The van der Waals surface area contributed by atoms with Crippen LogP contribution in [0, 0.1) is 0 Å². The van der Waals surface area contributed by atoms with Gasteiger partial charge in [-0.25, -0.2) is 9.78 Å². The third kappa shape index (κ3) is 3.12. The molecule has 1 heterocycles. The lowest BCUT2D eigenvalue weighted by Gasteiger charge is -2.08. The zero-order valence-corrected chi connectivity index (χ0v) is 12.8. The van der Waals surface area contributed by atoms with Crippen LogP contribution < -0.4 is 11.1 Å². The van der Waals surface area contributed by atoms with Crippen LogP contribution in [-0.2, 0) is 0 Å². The van der Waals surface area contributed by atoms with E-state index in [4.69, 9.17) is 18.0 Å². The maximum atomic E-state index is 11.5. The number of hydrogen-bond donors (Lipinski definition) is 3. The van der Waals surface area contributed by atoms with Crippen LogP contribution in [0.2, 0.25) is 0 Å². The molecule has 0 spiro atoms. The average Bonchev–Trinajstić information content (AvgIpc) is 2.54. The Hall–Kier alpha value is -2.99. The first kappa shape index (κ1) is 14.9. The number of carboxylic acid groups (broad SMARTS) is 1. The molecule has 23 heavy (non-hydrogen) atoms. The molecule has 3 rings (SSSR count). The van der Waals surface area contributed by atoms with E-state index < -0.39 is 5.97 Å². The summed E-state index contributed by atoms with van der Waals surface area (Å²) in [5.74, 6) is -0.975. The minimum atomic E-state index is -0.975. The lowest BCUT2D eigenvalue weighted by atomic mass is 10.0. The third-order valence-corrected chi connectivity index (χ3v) is 3.50. The van der Waals surface area contributed by atoms with Crippen LogP contribution in [0.5, 0.6) is 0 Å². The quantitative estimate of drug-likeness (QED) is 0.641. The number of carboxylic acids is 1. The van der Waals surface area contributed by atoms with Gasteiger partial charge in [0.1, 0.15) is 0 Å². The second-order valence-electron chi connectivity index (χ2n) is 4.94. The van der Waals surface area contributed by atoms with Crippen molar-refractivity contribution in [3.05, 3.63) is 60.2 Å². The molecular formula is C17H13N3O2S. The summed E-state index contributed by atoms with van der Waals surface area (Å²) in [6.07, 6.45) is 0. The van der Waals surface area contributed by atoms with Crippen LogP contribution >= 0.6 is 12.2 Å². The van der Waals surface area contributed by atoms with E-state index in [-0.39, 0.29) is 10.7 Å². The van der Waals surface area contributed by atoms with E-state index in [0.717, 1.165) is 11.3 Å². The van der Waals surface area contributed by atoms with Crippen molar-refractivity contribution in [1.82, 2.24) is 4.98 Å². The van der Waals surface area contributed by atoms with E-state index in [1.54, 1.807) is 24.3 Å². The maximum absolute atomic E-state index is 11.5. The Kier molecular flexibility index (Phi) is 3.91. The molecule has 0 aliphatic carbocycles. The molecule has 0 fully saturated rings. The Morgan fingerprint density at radius 2 is 1.83 bits per heavy atom. The second-order valence-corrected chi connectivity index (χ2v) is 5.38. The fourth-order valence-electron chi connectivity index (χ4n) is 2.37. The number of thiocarbonyl (C=S) groups is 1. The van der Waals surface area contributed by atoms with Gasteiger partial charge in [-0.3, -0.25) is 0 Å². The van der Waals surface area contributed by atoms with Crippen LogP contribution in [0.1, 0.15) is 10.4 Å². The smallest absolute Gasteiger partial charge is 0.336 e. The molecule has 0 unspecified atom stereocenters. The van der Waals surface area contributed by atoms with Crippen molar-refractivity contribution in [2.45, 2.75) is 0 Å². The van der Waals surface area contributed by atoms with E-state index in [9.17, 15) is 9.90 Å². The van der Waals surface area contributed by atoms with E-state index >= 15 is 0 Å². The van der Waals surface area contributed by atoms with Gasteiger partial charge in [0.25, 0.3) is 0 Å². The van der Waals surface area contributed by atoms with Gasteiger partial charge >= 0.3 is 5.97 Å². The van der Waals surface area contributed by atoms with Crippen molar-refractivity contribution in [3.8, 4) is 11.3 Å². The summed E-state index contributed by atoms with van der Waals surface area (Å²) in [6.45, 7) is 0. The molecule has 0 aliphatic heterocycles. The largest absolute Gasteiger partial charge is 0.478 e. The lowest BCUT2D eigenvalue weighted by Crippen LogP contribution is -2.18. The van der Waals surface area contributed by atoms with Crippen molar-refractivity contribution in [1.29, 1.82) is 0 Å². The molecule has 0 aliphatic rings. The minimum Gasteiger partial charge on any atom is -0.478 e. The van der Waals surface area contributed by atoms with Crippen LogP contribution in [-0.4, -0.2) is 21.2 Å². The van der Waals surface area contributed by atoms with E-state index in [1.165, 1.54) is 0 Å². The molecule has 0 saturated heterocycles. The standard InChI is InChI=1S/C17H13N3O2S/c18-17(23)19-11-7-5-10(6-8-11)15-9-13(16(21)22)12-3-1-2-4-14(12)20-15/h1-9H,(H,21,22)(H3,18,19,23). The highest BCUT2D eigenvalue weighted by atomic mass is 32.1. The molecular weight excluding hydrogens is 310 g/mol. The number of anilines is 1. The van der Waals surface area contributed by atoms with E-state index in [0.29, 0.717) is 16.6 Å². The minimum absolute atomic E-state index is 0.190. The zero-order chi connectivity index (χ0) is 16.4. The van der Waals surface area contributed by atoms with Gasteiger partial charge in [0.15, 0.2) is 5.11 Å². The Bertz CT molecular complexity index is 907. The van der Waals surface area contributed by atoms with E-state index in [2.05, 4.69) is 10.3 Å². The third-order valence-electron chi connectivity index (χ3n) is 3.39. The number of fused-ring (bicyclic) bond motifs is 1. The molecule has 0 amide bonds. The SMILES string of the molecule is NC(=S)Nc1ccc(-c2cc(C(=O)O)c3ccccc3n2)cc1. The number of nitrogens with zero attached hydrogens (tertiary/aromatic N) is 1. The molecule has 1 aromatic heterocycles. The summed E-state index contributed by atoms with van der Waals surface area (Å²) >= 11 is 4.79. The van der Waals surface area contributed by atoms with Gasteiger partial charge < -0.3 is 16.2 Å². The van der Waals surface area contributed by atoms with Crippen LogP contribution in [0.3, 0.4) is 0 Å². The lowest BCUT2D eigenvalue weighted by molar-refractivity contribution is 0.0699. The predicted molar refractivity (Wildman–Crippen MR) is 94.5 cm³/mol. The molecule has 0 radical (unpaired) electrons. The number of nitrogens with one attached hydrogen (secondary N) is 1. The first-order chi connectivity index (χ1) is 11.0. The Morgan fingerprint density at radius 3 is 2.48 bits per heavy atom. The summed E-state index contributed by atoms with van der Waals surface area (Å²) in [6, 6.07) is 16.1. The summed E-state index contributed by atoms with van der Waals surface area (Å²) in [5.41, 5.74) is 8.49. The fraction of sp³-hybridized carbons (Fsp3) is 0. The average molecular weight is 323 g/mol. The summed E-state index contributed by atoms with van der Waals surface area (Å²) in [5, 5.41) is 13.1. The van der Waals surface area contributed by atoms with Crippen LogP contribution in [0.15, 0.2) is 54.6 Å². The summed E-state index contributed by atoms with van der Waals surface area (Å²) < 4.78 is 0. The zero-order valence-electron chi connectivity index (χ0n) is 12.0. The summed E-state index contributed by atoms with van der Waals surface area (Å²) in [7, 11) is 0. The molecule has 0 bridgehead atoms. The second kappa shape index (κ2) is 6.02. The Labute approximate surface area is 137 Å². The van der Waals surface area contributed by atoms with Gasteiger partial charge in [-0.1, -0.05) is 30.3 Å². The fourth-order valence-corrected chi connectivity index (χ4v) is 2.48. The van der Waals surface area contributed by atoms with Gasteiger partial charge in [-0.2, -0.15) is 0 Å². The normalized spacial score (nSPS) is 10.4. The summed E-state index contributed by atoms with van der Waals surface area (Å²) in [4.78, 5) is 16.1. The Morgan fingerprint density at radius 1 is 1.13 bits per heavy atom. The van der Waals surface area contributed by atoms with Crippen LogP contribution in [0.4, 0.5) is 5.69 Å². The number of para-hydroxylation sites is 1. The first-order valence-corrected chi connectivity index (χ1v) is 7.25. The van der Waals surface area contributed by atoms with Crippen LogP contribution in [0.25, 0.3) is 22.2 Å². The molecule has 3 aromatic rings. The predicted octanol–water partition coefficient (Wildman–Crippen LogP) is 3.26. The van der Waals surface area contributed by atoms with Crippen molar-refractivity contribution >= 4 is 39.9 Å². The number of aromatic carboxylic acids is 1. The molecule has 5 nitrogen and oxygen atoms in total. The number of rotatable bonds is 3. The van der Waals surface area contributed by atoms with Gasteiger partial charge in [0.05, 0.1) is 16.8 Å². The number of aromatic nitrogens is 1. The number of nitrogens with two attached hydrogens (primary N) is 1. The number of pyridine rings is 1. The number of hydrogen-bond acceptors (Lipinski definition) is 3. The maximum Gasteiger partial charge on any atom is 0.336 e. The number of carbonyl (C=O) groups is 1. The van der Waals surface area contributed by atoms with Crippen molar-refractivity contribution in [3.63, 3.8) is 0 Å². The van der Waals surface area contributed by atoms with Crippen molar-refractivity contribution < 1.29 is 9.90 Å². The van der Waals surface area contributed by atoms with Gasteiger partial charge in [0, 0.05) is 16.6 Å². The number of benzene rings is 2. The molecule has 114 valence electrons. The highest BCUT2D eigenvalue weighted by Gasteiger charge is 2.12. The molecule has 0 saturated carbocycles. The molecule has 2 aromatic carbocycles. The Balaban J connectivity index is 2.09. The van der Waals surface area contributed by atoms with Crippen molar-refractivity contribution in [2.75, 3.05) is 5.32 Å². The highest BCUT2D eigenvalue weighted by Crippen LogP contribution is 2.25. The van der Waals surface area contributed by atoms with Gasteiger partial charge in [-0.05, 0) is 36.5 Å². The molecule has 0 atom stereocenters. The van der Waals surface area contributed by atoms with E-state index in [1.807, 2.05) is 30.3 Å². The molecule has 6 heteroatoms. The topological polar surface area (TPSA) is 88.2 Å². The first-order valence-electron chi connectivity index (χ1n) is 6.84. The molecule has 4 N–H and O–H groups in total.